The molecule has 0 atom stereocenters. The molecule has 6 nitrogen and oxygen atoms in total. The van der Waals surface area contributed by atoms with Crippen LogP contribution in [0.1, 0.15) is 30.1 Å². The number of nitrogens with zero attached hydrogens (tertiary/aromatic N) is 1. The Morgan fingerprint density at radius 2 is 2.17 bits per heavy atom. The zero-order chi connectivity index (χ0) is 13.3. The van der Waals surface area contributed by atoms with E-state index in [1.54, 1.807) is 0 Å². The average molecular weight is 249 g/mol. The number of nitro benzene ring substituents is 1. The van der Waals surface area contributed by atoms with Gasteiger partial charge in [0, 0.05) is 17.7 Å². The van der Waals surface area contributed by atoms with E-state index in [0.717, 1.165) is 12.8 Å². The van der Waals surface area contributed by atoms with E-state index < -0.39 is 10.8 Å². The topological polar surface area (TPSA) is 98.3 Å². The Hall–Kier alpha value is -2.11. The first kappa shape index (κ1) is 12.3. The highest BCUT2D eigenvalue weighted by molar-refractivity contribution is 5.94. The summed E-state index contributed by atoms with van der Waals surface area (Å²) in [5, 5.41) is 14.0. The molecule has 0 heterocycles. The van der Waals surface area contributed by atoms with Gasteiger partial charge >= 0.3 is 0 Å². The summed E-state index contributed by atoms with van der Waals surface area (Å²) in [6, 6.07) is 4.37. The molecule has 0 aromatic heterocycles. The lowest BCUT2D eigenvalue weighted by atomic mass is 9.82. The molecule has 0 saturated heterocycles. The minimum atomic E-state index is -0.588. The molecule has 0 radical (unpaired) electrons. The van der Waals surface area contributed by atoms with Crippen molar-refractivity contribution in [2.24, 2.45) is 11.7 Å². The Labute approximate surface area is 104 Å². The van der Waals surface area contributed by atoms with Crippen LogP contribution in [0.4, 0.5) is 11.4 Å². The van der Waals surface area contributed by atoms with Gasteiger partial charge in [0.25, 0.3) is 5.69 Å². The standard InChI is InChI=1S/C12H15N3O3/c1-7-4-9(5-7)14-10-6-8(12(13)16)2-3-11(10)15(17)18/h2-3,6-7,9,14H,4-5H2,1H3,(H2,13,16). The van der Waals surface area contributed by atoms with Crippen LogP contribution < -0.4 is 11.1 Å². The van der Waals surface area contributed by atoms with E-state index in [-0.39, 0.29) is 17.3 Å². The minimum absolute atomic E-state index is 0.0282. The number of primary amides is 1. The van der Waals surface area contributed by atoms with Gasteiger partial charge in [0.1, 0.15) is 5.69 Å². The van der Waals surface area contributed by atoms with Gasteiger partial charge in [0.05, 0.1) is 4.92 Å². The van der Waals surface area contributed by atoms with Crippen LogP contribution in [0.3, 0.4) is 0 Å². The fourth-order valence-corrected chi connectivity index (χ4v) is 2.20. The smallest absolute Gasteiger partial charge is 0.292 e. The van der Waals surface area contributed by atoms with Crippen LogP contribution in [0, 0.1) is 16.0 Å². The number of amides is 1. The number of nitrogens with one attached hydrogen (secondary N) is 1. The van der Waals surface area contributed by atoms with Crippen LogP contribution in [0.25, 0.3) is 0 Å². The predicted molar refractivity (Wildman–Crippen MR) is 67.4 cm³/mol. The molecule has 0 bridgehead atoms. The van der Waals surface area contributed by atoms with Crippen LogP contribution in [0.2, 0.25) is 0 Å². The summed E-state index contributed by atoms with van der Waals surface area (Å²) < 4.78 is 0. The molecule has 0 spiro atoms. The first-order chi connectivity index (χ1) is 8.47. The van der Waals surface area contributed by atoms with Gasteiger partial charge in [-0.05, 0) is 30.9 Å². The SMILES string of the molecule is CC1CC(Nc2cc(C(N)=O)ccc2[N+](=O)[O-])C1. The molecule has 1 saturated carbocycles. The quantitative estimate of drug-likeness (QED) is 0.629. The lowest BCUT2D eigenvalue weighted by molar-refractivity contribution is -0.384. The fraction of sp³-hybridized carbons (Fsp3) is 0.417. The van der Waals surface area contributed by atoms with E-state index in [4.69, 9.17) is 5.73 Å². The van der Waals surface area contributed by atoms with Crippen molar-refractivity contribution < 1.29 is 9.72 Å². The predicted octanol–water partition coefficient (Wildman–Crippen LogP) is 1.90. The second-order valence-corrected chi connectivity index (χ2v) is 4.77. The van der Waals surface area contributed by atoms with Crippen molar-refractivity contribution in [1.29, 1.82) is 0 Å². The van der Waals surface area contributed by atoms with E-state index in [9.17, 15) is 14.9 Å². The molecule has 2 rings (SSSR count). The molecule has 1 aromatic carbocycles. The number of benzene rings is 1. The first-order valence-electron chi connectivity index (χ1n) is 5.82. The number of rotatable bonds is 4. The maximum absolute atomic E-state index is 11.1. The highest BCUT2D eigenvalue weighted by atomic mass is 16.6. The van der Waals surface area contributed by atoms with E-state index in [0.29, 0.717) is 11.6 Å². The molecule has 1 amide bonds. The second-order valence-electron chi connectivity index (χ2n) is 4.77. The maximum atomic E-state index is 11.1. The summed E-state index contributed by atoms with van der Waals surface area (Å²) in [6.45, 7) is 2.13. The Morgan fingerprint density at radius 1 is 1.50 bits per heavy atom. The average Bonchev–Trinajstić information content (AvgIpc) is 2.26. The molecule has 0 unspecified atom stereocenters. The van der Waals surface area contributed by atoms with Crippen molar-refractivity contribution in [1.82, 2.24) is 0 Å². The molecule has 1 aliphatic carbocycles. The summed E-state index contributed by atoms with van der Waals surface area (Å²) in [4.78, 5) is 21.5. The Morgan fingerprint density at radius 3 is 2.67 bits per heavy atom. The zero-order valence-electron chi connectivity index (χ0n) is 10.1. The minimum Gasteiger partial charge on any atom is -0.377 e. The van der Waals surface area contributed by atoms with E-state index >= 15 is 0 Å². The summed E-state index contributed by atoms with van der Waals surface area (Å²) in [5.41, 5.74) is 5.79. The number of hydrogen-bond donors (Lipinski definition) is 2. The molecule has 1 fully saturated rings. The van der Waals surface area contributed by atoms with E-state index in [1.165, 1.54) is 18.2 Å². The number of nitrogens with two attached hydrogens (primary N) is 1. The molecule has 6 heteroatoms. The van der Waals surface area contributed by atoms with Gasteiger partial charge in [-0.25, -0.2) is 0 Å². The van der Waals surface area contributed by atoms with E-state index in [1.807, 2.05) is 0 Å². The third-order valence-corrected chi connectivity index (χ3v) is 3.21. The zero-order valence-corrected chi connectivity index (χ0v) is 10.1. The summed E-state index contributed by atoms with van der Waals surface area (Å²) in [7, 11) is 0. The molecule has 1 aromatic rings. The Kier molecular flexibility index (Phi) is 3.18. The van der Waals surface area contributed by atoms with Crippen molar-refractivity contribution in [2.75, 3.05) is 5.32 Å². The Balaban J connectivity index is 2.26. The van der Waals surface area contributed by atoms with E-state index in [2.05, 4.69) is 12.2 Å². The number of nitro groups is 1. The van der Waals surface area contributed by atoms with Crippen LogP contribution in [0.15, 0.2) is 18.2 Å². The molecule has 96 valence electrons. The molecule has 3 N–H and O–H groups in total. The normalized spacial score (nSPS) is 22.1. The lowest BCUT2D eigenvalue weighted by Gasteiger charge is -2.33. The largest absolute Gasteiger partial charge is 0.377 e. The molecular weight excluding hydrogens is 234 g/mol. The molecule has 0 aliphatic heterocycles. The van der Waals surface area contributed by atoms with Crippen LogP contribution in [0.5, 0.6) is 0 Å². The van der Waals surface area contributed by atoms with Crippen molar-refractivity contribution in [2.45, 2.75) is 25.8 Å². The van der Waals surface area contributed by atoms with Crippen molar-refractivity contribution in [3.8, 4) is 0 Å². The lowest BCUT2D eigenvalue weighted by Crippen LogP contribution is -2.34. The molecule has 1 aliphatic rings. The van der Waals surface area contributed by atoms with Gasteiger partial charge in [-0.1, -0.05) is 6.92 Å². The summed E-state index contributed by atoms with van der Waals surface area (Å²) >= 11 is 0. The molecular formula is C12H15N3O3. The first-order valence-corrected chi connectivity index (χ1v) is 5.82. The molecule has 18 heavy (non-hydrogen) atoms. The van der Waals surface area contributed by atoms with Crippen molar-refractivity contribution >= 4 is 17.3 Å². The van der Waals surface area contributed by atoms with Gasteiger partial charge in [-0.15, -0.1) is 0 Å². The number of anilines is 1. The van der Waals surface area contributed by atoms with Crippen LogP contribution >= 0.6 is 0 Å². The van der Waals surface area contributed by atoms with Crippen LogP contribution in [-0.4, -0.2) is 16.9 Å². The second kappa shape index (κ2) is 4.64. The van der Waals surface area contributed by atoms with Gasteiger partial charge in [-0.2, -0.15) is 0 Å². The summed E-state index contributed by atoms with van der Waals surface area (Å²) in [5.74, 6) is 0.0517. The van der Waals surface area contributed by atoms with Gasteiger partial charge < -0.3 is 11.1 Å². The van der Waals surface area contributed by atoms with Gasteiger partial charge in [0.2, 0.25) is 5.91 Å². The third kappa shape index (κ3) is 2.42. The third-order valence-electron chi connectivity index (χ3n) is 3.21. The Bertz CT molecular complexity index is 495. The highest BCUT2D eigenvalue weighted by Gasteiger charge is 2.27. The maximum Gasteiger partial charge on any atom is 0.292 e. The van der Waals surface area contributed by atoms with Crippen LogP contribution in [-0.2, 0) is 0 Å². The summed E-state index contributed by atoms with van der Waals surface area (Å²) in [6.07, 6.45) is 1.97. The van der Waals surface area contributed by atoms with Crippen molar-refractivity contribution in [3.63, 3.8) is 0 Å². The number of carbonyl (C=O) groups is 1. The number of carbonyl (C=O) groups excluding carboxylic acids is 1. The highest BCUT2D eigenvalue weighted by Crippen LogP contribution is 2.33. The van der Waals surface area contributed by atoms with Crippen molar-refractivity contribution in [3.05, 3.63) is 33.9 Å². The number of hydrogen-bond acceptors (Lipinski definition) is 4. The monoisotopic (exact) mass is 249 g/mol. The van der Waals surface area contributed by atoms with Gasteiger partial charge in [-0.3, -0.25) is 14.9 Å². The van der Waals surface area contributed by atoms with Gasteiger partial charge in [0.15, 0.2) is 0 Å². The fourth-order valence-electron chi connectivity index (χ4n) is 2.20.